The highest BCUT2D eigenvalue weighted by atomic mass is 16.7. The number of imide groups is 1. The van der Waals surface area contributed by atoms with E-state index in [0.717, 1.165) is 0 Å². The summed E-state index contributed by atoms with van der Waals surface area (Å²) >= 11 is 0. The first kappa shape index (κ1) is 19.1. The van der Waals surface area contributed by atoms with Crippen molar-refractivity contribution in [3.63, 3.8) is 0 Å². The van der Waals surface area contributed by atoms with Gasteiger partial charge in [0.2, 0.25) is 0 Å². The van der Waals surface area contributed by atoms with Gasteiger partial charge in [-0.1, -0.05) is 29.3 Å². The van der Waals surface area contributed by atoms with Crippen LogP contribution in [0.5, 0.6) is 0 Å². The third-order valence-corrected chi connectivity index (χ3v) is 4.77. The van der Waals surface area contributed by atoms with Gasteiger partial charge in [-0.3, -0.25) is 14.4 Å². The average Bonchev–Trinajstić information content (AvgIpc) is 3.27. The maximum atomic E-state index is 12.8. The Kier molecular flexibility index (Phi) is 4.67. The van der Waals surface area contributed by atoms with Crippen molar-refractivity contribution in [1.29, 1.82) is 0 Å². The van der Waals surface area contributed by atoms with Crippen molar-refractivity contribution in [3.8, 4) is 0 Å². The van der Waals surface area contributed by atoms with Gasteiger partial charge in [0.15, 0.2) is 0 Å². The van der Waals surface area contributed by atoms with Crippen LogP contribution in [0.4, 0.5) is 5.69 Å². The van der Waals surface area contributed by atoms with E-state index in [4.69, 9.17) is 9.25 Å². The summed E-state index contributed by atoms with van der Waals surface area (Å²) in [5, 5.41) is 3.11. The van der Waals surface area contributed by atoms with Crippen LogP contribution < -0.4 is 5.32 Å². The molecule has 0 spiro atoms. The van der Waals surface area contributed by atoms with Crippen LogP contribution in [0.15, 0.2) is 59.2 Å². The van der Waals surface area contributed by atoms with Crippen molar-refractivity contribution >= 4 is 29.4 Å². The molecule has 0 aliphatic carbocycles. The molecule has 0 fully saturated rings. The Labute approximate surface area is 171 Å². The number of para-hydroxylation sites is 1. The van der Waals surface area contributed by atoms with Gasteiger partial charge in [-0.2, -0.15) is 0 Å². The topological polar surface area (TPSA) is 106 Å². The first-order valence-corrected chi connectivity index (χ1v) is 9.03. The monoisotopic (exact) mass is 404 g/mol. The molecule has 0 radical (unpaired) electrons. The molecule has 2 aromatic carbocycles. The number of aryl methyl sites for hydroxylation is 2. The van der Waals surface area contributed by atoms with Gasteiger partial charge in [0.05, 0.1) is 34.2 Å². The molecule has 150 valence electrons. The Hall–Kier alpha value is -4.20. The Morgan fingerprint density at radius 1 is 0.900 bits per heavy atom. The van der Waals surface area contributed by atoms with E-state index in [2.05, 4.69) is 5.32 Å². The molecule has 2 heterocycles. The van der Waals surface area contributed by atoms with Crippen molar-refractivity contribution in [2.75, 3.05) is 5.32 Å². The van der Waals surface area contributed by atoms with Crippen LogP contribution in [0.25, 0.3) is 0 Å². The number of nitrogens with one attached hydrogen (secondary N) is 1. The van der Waals surface area contributed by atoms with E-state index in [9.17, 15) is 19.2 Å². The van der Waals surface area contributed by atoms with Crippen LogP contribution in [0, 0.1) is 13.8 Å². The lowest BCUT2D eigenvalue weighted by molar-refractivity contribution is -0.0583. The molecular weight excluding hydrogens is 388 g/mol. The van der Waals surface area contributed by atoms with Gasteiger partial charge in [-0.15, -0.1) is 0 Å². The molecule has 3 amide bonds. The Morgan fingerprint density at radius 2 is 1.57 bits per heavy atom. The molecule has 1 aliphatic rings. The number of carbonyl (C=O) groups excluding carboxylic acids is 4. The average molecular weight is 404 g/mol. The summed E-state index contributed by atoms with van der Waals surface area (Å²) in [5.74, 6) is -2.44. The van der Waals surface area contributed by atoms with E-state index in [1.807, 2.05) is 0 Å². The minimum atomic E-state index is -0.951. The fraction of sp³-hybridized carbons (Fsp3) is 0.0909. The third-order valence-electron chi connectivity index (χ3n) is 4.77. The number of carbonyl (C=O) groups is 4. The molecule has 1 aliphatic heterocycles. The first-order valence-electron chi connectivity index (χ1n) is 9.03. The Bertz CT molecular complexity index is 1170. The molecule has 0 bridgehead atoms. The van der Waals surface area contributed by atoms with Crippen molar-refractivity contribution in [2.24, 2.45) is 0 Å². The highest BCUT2D eigenvalue weighted by molar-refractivity contribution is 6.21. The van der Waals surface area contributed by atoms with Crippen molar-refractivity contribution in [2.45, 2.75) is 13.8 Å². The van der Waals surface area contributed by atoms with E-state index in [0.29, 0.717) is 22.0 Å². The maximum absolute atomic E-state index is 12.8. The first-order chi connectivity index (χ1) is 14.4. The maximum Gasteiger partial charge on any atom is 0.366 e. The van der Waals surface area contributed by atoms with E-state index in [1.54, 1.807) is 38.1 Å². The standard InChI is InChI=1S/C22H16N2O6/c1-12-6-5-9-17(18(12)23-19(25)14-10-11-29-13(14)2)22(28)30-24-20(26)15-7-3-4-8-16(15)21(24)27/h3-11H,1-2H3,(H,23,25). The summed E-state index contributed by atoms with van der Waals surface area (Å²) in [6, 6.07) is 12.4. The van der Waals surface area contributed by atoms with Crippen molar-refractivity contribution in [3.05, 3.63) is 88.4 Å². The second-order valence-corrected chi connectivity index (χ2v) is 6.67. The number of hydrogen-bond acceptors (Lipinski definition) is 6. The zero-order chi connectivity index (χ0) is 21.4. The molecule has 4 rings (SSSR count). The lowest BCUT2D eigenvalue weighted by Gasteiger charge is -2.16. The third kappa shape index (κ3) is 3.14. The summed E-state index contributed by atoms with van der Waals surface area (Å²) < 4.78 is 5.14. The second-order valence-electron chi connectivity index (χ2n) is 6.67. The molecule has 0 atom stereocenters. The number of anilines is 1. The lowest BCUT2D eigenvalue weighted by Crippen LogP contribution is -2.33. The van der Waals surface area contributed by atoms with Crippen LogP contribution in [0.3, 0.4) is 0 Å². The van der Waals surface area contributed by atoms with Crippen LogP contribution in [-0.4, -0.2) is 28.8 Å². The number of fused-ring (bicyclic) bond motifs is 1. The van der Waals surface area contributed by atoms with Gasteiger partial charge in [-0.05, 0) is 43.7 Å². The number of hydroxylamine groups is 2. The summed E-state index contributed by atoms with van der Waals surface area (Å²) in [5.41, 5.74) is 1.44. The molecule has 8 nitrogen and oxygen atoms in total. The molecular formula is C22H16N2O6. The number of hydrogen-bond donors (Lipinski definition) is 1. The van der Waals surface area contributed by atoms with Crippen molar-refractivity contribution in [1.82, 2.24) is 5.06 Å². The zero-order valence-corrected chi connectivity index (χ0v) is 16.1. The van der Waals surface area contributed by atoms with Gasteiger partial charge in [0.1, 0.15) is 5.76 Å². The second kappa shape index (κ2) is 7.32. The van der Waals surface area contributed by atoms with Gasteiger partial charge in [-0.25, -0.2) is 4.79 Å². The smallest absolute Gasteiger partial charge is 0.366 e. The number of nitrogens with zero attached hydrogens (tertiary/aromatic N) is 1. The minimum Gasteiger partial charge on any atom is -0.469 e. The van der Waals surface area contributed by atoms with Crippen LogP contribution >= 0.6 is 0 Å². The molecule has 0 unspecified atom stereocenters. The lowest BCUT2D eigenvalue weighted by atomic mass is 10.1. The summed E-state index contributed by atoms with van der Waals surface area (Å²) in [4.78, 5) is 55.4. The number of amides is 3. The molecule has 0 saturated carbocycles. The van der Waals surface area contributed by atoms with Crippen LogP contribution in [0.1, 0.15) is 52.8 Å². The molecule has 1 N–H and O–H groups in total. The van der Waals surface area contributed by atoms with E-state index in [1.165, 1.54) is 30.5 Å². The van der Waals surface area contributed by atoms with Gasteiger partial charge >= 0.3 is 5.97 Å². The highest BCUT2D eigenvalue weighted by Crippen LogP contribution is 2.26. The molecule has 1 aromatic heterocycles. The van der Waals surface area contributed by atoms with Crippen molar-refractivity contribution < 1.29 is 28.4 Å². The fourth-order valence-corrected chi connectivity index (χ4v) is 3.19. The molecule has 3 aromatic rings. The number of furan rings is 1. The number of benzene rings is 2. The molecule has 8 heteroatoms. The fourth-order valence-electron chi connectivity index (χ4n) is 3.19. The predicted octanol–water partition coefficient (Wildman–Crippen LogP) is 3.52. The minimum absolute atomic E-state index is 0.000976. The highest BCUT2D eigenvalue weighted by Gasteiger charge is 2.39. The normalized spacial score (nSPS) is 12.7. The van der Waals surface area contributed by atoms with Crippen LogP contribution in [-0.2, 0) is 4.84 Å². The Morgan fingerprint density at radius 3 is 2.17 bits per heavy atom. The van der Waals surface area contributed by atoms with E-state index < -0.39 is 23.7 Å². The van der Waals surface area contributed by atoms with Gasteiger partial charge in [0, 0.05) is 0 Å². The SMILES string of the molecule is Cc1cccc(C(=O)ON2C(=O)c3ccccc3C2=O)c1NC(=O)c1ccoc1C. The Balaban J connectivity index is 1.61. The largest absolute Gasteiger partial charge is 0.469 e. The number of rotatable bonds is 4. The van der Waals surface area contributed by atoms with E-state index >= 15 is 0 Å². The molecule has 0 saturated heterocycles. The van der Waals surface area contributed by atoms with Gasteiger partial charge in [0.25, 0.3) is 17.7 Å². The van der Waals surface area contributed by atoms with E-state index in [-0.39, 0.29) is 22.4 Å². The van der Waals surface area contributed by atoms with Crippen LogP contribution in [0.2, 0.25) is 0 Å². The summed E-state index contributed by atoms with van der Waals surface area (Å²) in [7, 11) is 0. The van der Waals surface area contributed by atoms with Gasteiger partial charge < -0.3 is 14.6 Å². The molecule has 30 heavy (non-hydrogen) atoms. The summed E-state index contributed by atoms with van der Waals surface area (Å²) in [6.45, 7) is 3.35. The quantitative estimate of drug-likeness (QED) is 0.667. The zero-order valence-electron chi connectivity index (χ0n) is 16.1. The predicted molar refractivity (Wildman–Crippen MR) is 105 cm³/mol. The summed E-state index contributed by atoms with van der Waals surface area (Å²) in [6.07, 6.45) is 1.39.